The van der Waals surface area contributed by atoms with Crippen LogP contribution in [0.15, 0.2) is 5.16 Å². The number of aliphatic hydroxyl groups is 1. The highest BCUT2D eigenvalue weighted by molar-refractivity contribution is 7.99. The molecule has 0 unspecified atom stereocenters. The van der Waals surface area contributed by atoms with Gasteiger partial charge in [-0.25, -0.2) is 0 Å². The molecule has 4 nitrogen and oxygen atoms in total. The molecule has 0 amide bonds. The van der Waals surface area contributed by atoms with Gasteiger partial charge in [0.2, 0.25) is 0 Å². The lowest BCUT2D eigenvalue weighted by Gasteiger charge is -2.26. The lowest BCUT2D eigenvalue weighted by molar-refractivity contribution is 0.263. The molecule has 1 aromatic rings. The first kappa shape index (κ1) is 13.4. The zero-order chi connectivity index (χ0) is 13.2. The Hall–Kier alpha value is -0.550. The molecule has 1 N–H and O–H groups in total. The summed E-state index contributed by atoms with van der Waals surface area (Å²) >= 11 is 1.84. The first-order chi connectivity index (χ1) is 9.28. The fraction of sp³-hybridized carbons (Fsp3) is 0.857. The number of hydrogen-bond acceptors (Lipinski definition) is 4. The van der Waals surface area contributed by atoms with Gasteiger partial charge in [-0.15, -0.1) is 10.2 Å². The zero-order valence-corrected chi connectivity index (χ0v) is 12.4. The smallest absolute Gasteiger partial charge is 0.191 e. The minimum absolute atomic E-state index is 0.00449. The third-order valence-corrected chi connectivity index (χ3v) is 5.46. The first-order valence-corrected chi connectivity index (χ1v) is 8.44. The van der Waals surface area contributed by atoms with Crippen molar-refractivity contribution in [1.29, 1.82) is 0 Å². The fourth-order valence-electron chi connectivity index (χ4n) is 3.12. The fourth-order valence-corrected chi connectivity index (χ4v) is 4.30. The number of aromatic nitrogens is 3. The Morgan fingerprint density at radius 2 is 2.11 bits per heavy atom. The molecular formula is C14H23N3OS. The molecule has 106 valence electrons. The number of nitrogens with zero attached hydrogens (tertiary/aromatic N) is 3. The van der Waals surface area contributed by atoms with Crippen molar-refractivity contribution in [2.75, 3.05) is 5.75 Å². The molecule has 0 aromatic carbocycles. The largest absolute Gasteiger partial charge is 0.388 e. The topological polar surface area (TPSA) is 50.9 Å². The van der Waals surface area contributed by atoms with Gasteiger partial charge in [-0.05, 0) is 37.5 Å². The zero-order valence-electron chi connectivity index (χ0n) is 11.6. The molecule has 0 saturated heterocycles. The number of thioether (sulfide) groups is 1. The van der Waals surface area contributed by atoms with E-state index in [1.165, 1.54) is 38.5 Å². The minimum Gasteiger partial charge on any atom is -0.388 e. The maximum Gasteiger partial charge on any atom is 0.191 e. The Bertz CT molecular complexity index is 430. The van der Waals surface area contributed by atoms with Crippen LogP contribution < -0.4 is 0 Å². The van der Waals surface area contributed by atoms with E-state index in [0.717, 1.165) is 28.6 Å². The number of rotatable bonds is 5. The van der Waals surface area contributed by atoms with E-state index < -0.39 is 0 Å². The van der Waals surface area contributed by atoms with Gasteiger partial charge in [0, 0.05) is 11.8 Å². The SMILES string of the molecule is C[C@@H]1CCC[C@H](CSc2nnc(CO)n2C2CC2)C1. The van der Waals surface area contributed by atoms with Crippen LogP contribution in [0.3, 0.4) is 0 Å². The maximum atomic E-state index is 9.33. The molecule has 0 aliphatic heterocycles. The molecule has 2 atom stereocenters. The molecule has 0 radical (unpaired) electrons. The molecule has 1 heterocycles. The summed E-state index contributed by atoms with van der Waals surface area (Å²) in [7, 11) is 0. The molecule has 19 heavy (non-hydrogen) atoms. The maximum absolute atomic E-state index is 9.33. The Morgan fingerprint density at radius 3 is 2.79 bits per heavy atom. The molecule has 2 aliphatic carbocycles. The van der Waals surface area contributed by atoms with Crippen molar-refractivity contribution in [2.45, 2.75) is 63.3 Å². The lowest BCUT2D eigenvalue weighted by Crippen LogP contribution is -2.15. The van der Waals surface area contributed by atoms with E-state index in [9.17, 15) is 5.11 Å². The molecule has 2 fully saturated rings. The average molecular weight is 281 g/mol. The van der Waals surface area contributed by atoms with Crippen molar-refractivity contribution >= 4 is 11.8 Å². The van der Waals surface area contributed by atoms with Gasteiger partial charge in [0.15, 0.2) is 11.0 Å². The number of hydrogen-bond donors (Lipinski definition) is 1. The monoisotopic (exact) mass is 281 g/mol. The van der Waals surface area contributed by atoms with E-state index in [4.69, 9.17) is 0 Å². The van der Waals surface area contributed by atoms with Gasteiger partial charge in [-0.3, -0.25) is 0 Å². The summed E-state index contributed by atoms with van der Waals surface area (Å²) in [4.78, 5) is 0. The van der Waals surface area contributed by atoms with Crippen LogP contribution in [-0.2, 0) is 6.61 Å². The van der Waals surface area contributed by atoms with Crippen molar-refractivity contribution in [3.05, 3.63) is 5.82 Å². The molecule has 0 spiro atoms. The van der Waals surface area contributed by atoms with E-state index in [0.29, 0.717) is 6.04 Å². The van der Waals surface area contributed by atoms with Crippen LogP contribution in [0.25, 0.3) is 0 Å². The van der Waals surface area contributed by atoms with E-state index in [-0.39, 0.29) is 6.61 Å². The first-order valence-electron chi connectivity index (χ1n) is 7.45. The third kappa shape index (κ3) is 3.14. The van der Waals surface area contributed by atoms with Gasteiger partial charge in [0.1, 0.15) is 6.61 Å². The van der Waals surface area contributed by atoms with Gasteiger partial charge in [-0.1, -0.05) is 31.5 Å². The van der Waals surface area contributed by atoms with Gasteiger partial charge in [-0.2, -0.15) is 0 Å². The Balaban J connectivity index is 1.61. The average Bonchev–Trinajstić information content (AvgIpc) is 3.17. The Labute approximate surface area is 119 Å². The van der Waals surface area contributed by atoms with Gasteiger partial charge < -0.3 is 9.67 Å². The van der Waals surface area contributed by atoms with E-state index in [1.807, 2.05) is 11.8 Å². The van der Waals surface area contributed by atoms with Crippen LogP contribution in [0.1, 0.15) is 57.3 Å². The van der Waals surface area contributed by atoms with Crippen LogP contribution in [0.5, 0.6) is 0 Å². The van der Waals surface area contributed by atoms with Crippen molar-refractivity contribution in [2.24, 2.45) is 11.8 Å². The van der Waals surface area contributed by atoms with Crippen LogP contribution in [0.4, 0.5) is 0 Å². The molecular weight excluding hydrogens is 258 g/mol. The summed E-state index contributed by atoms with van der Waals surface area (Å²) in [6, 6.07) is 0.546. The second-order valence-electron chi connectivity index (χ2n) is 6.11. The molecule has 5 heteroatoms. The lowest BCUT2D eigenvalue weighted by atomic mass is 9.83. The van der Waals surface area contributed by atoms with Gasteiger partial charge in [0.05, 0.1) is 0 Å². The van der Waals surface area contributed by atoms with E-state index >= 15 is 0 Å². The van der Waals surface area contributed by atoms with Gasteiger partial charge in [0.25, 0.3) is 0 Å². The second-order valence-corrected chi connectivity index (χ2v) is 7.09. The predicted octanol–water partition coefficient (Wildman–Crippen LogP) is 3.02. The second kappa shape index (κ2) is 5.83. The van der Waals surface area contributed by atoms with Gasteiger partial charge >= 0.3 is 0 Å². The normalized spacial score (nSPS) is 27.7. The summed E-state index contributed by atoms with van der Waals surface area (Å²) in [6.45, 7) is 2.37. The number of aliphatic hydroxyl groups excluding tert-OH is 1. The van der Waals surface area contributed by atoms with Crippen LogP contribution in [-0.4, -0.2) is 25.6 Å². The van der Waals surface area contributed by atoms with Crippen molar-refractivity contribution < 1.29 is 5.11 Å². The van der Waals surface area contributed by atoms with Crippen molar-refractivity contribution in [3.8, 4) is 0 Å². The Kier molecular flexibility index (Phi) is 4.12. The summed E-state index contributed by atoms with van der Waals surface area (Å²) in [6.07, 6.45) is 7.91. The summed E-state index contributed by atoms with van der Waals surface area (Å²) in [5.74, 6) is 3.60. The molecule has 2 saturated carbocycles. The summed E-state index contributed by atoms with van der Waals surface area (Å²) < 4.78 is 2.16. The summed E-state index contributed by atoms with van der Waals surface area (Å²) in [5.41, 5.74) is 0. The standard InChI is InChI=1S/C14H23N3OS/c1-10-3-2-4-11(7-10)9-19-14-16-15-13(8-18)17(14)12-5-6-12/h10-12,18H,2-9H2,1H3/t10-,11+/m1/s1. The predicted molar refractivity (Wildman–Crippen MR) is 76.1 cm³/mol. The highest BCUT2D eigenvalue weighted by Gasteiger charge is 2.29. The minimum atomic E-state index is 0.00449. The van der Waals surface area contributed by atoms with Crippen molar-refractivity contribution in [3.63, 3.8) is 0 Å². The van der Waals surface area contributed by atoms with Crippen molar-refractivity contribution in [1.82, 2.24) is 14.8 Å². The quantitative estimate of drug-likeness (QED) is 0.843. The van der Waals surface area contributed by atoms with E-state index in [1.54, 1.807) is 0 Å². The van der Waals surface area contributed by atoms with E-state index in [2.05, 4.69) is 21.7 Å². The van der Waals surface area contributed by atoms with Crippen LogP contribution >= 0.6 is 11.8 Å². The molecule has 3 rings (SSSR count). The molecule has 2 aliphatic rings. The van der Waals surface area contributed by atoms with Crippen LogP contribution in [0, 0.1) is 11.8 Å². The highest BCUT2D eigenvalue weighted by atomic mass is 32.2. The molecule has 0 bridgehead atoms. The molecule has 1 aromatic heterocycles. The third-order valence-electron chi connectivity index (χ3n) is 4.28. The highest BCUT2D eigenvalue weighted by Crippen LogP contribution is 2.40. The van der Waals surface area contributed by atoms with Crippen LogP contribution in [0.2, 0.25) is 0 Å². The Morgan fingerprint density at radius 1 is 1.26 bits per heavy atom. The summed E-state index contributed by atoms with van der Waals surface area (Å²) in [5, 5.41) is 18.7.